The Balaban J connectivity index is 1.50. The van der Waals surface area contributed by atoms with E-state index in [-0.39, 0.29) is 10.8 Å². The highest BCUT2D eigenvalue weighted by Gasteiger charge is 2.23. The van der Waals surface area contributed by atoms with Gasteiger partial charge in [-0.15, -0.1) is 0 Å². The van der Waals surface area contributed by atoms with Crippen LogP contribution in [0.2, 0.25) is 0 Å². The van der Waals surface area contributed by atoms with Gasteiger partial charge in [0.25, 0.3) is 0 Å². The highest BCUT2D eigenvalue weighted by atomic mass is 14.7. The number of hydrogen-bond acceptors (Lipinski definition) is 0. The fourth-order valence-electron chi connectivity index (χ4n) is 4.65. The molecular weight excluding hydrogens is 388 g/mol. The molecule has 2 nitrogen and oxygen atoms in total. The minimum atomic E-state index is 0.136. The first kappa shape index (κ1) is 22.7. The average Bonchev–Trinajstić information content (AvgIpc) is 3.34. The SMILES string of the molecule is CC(C)c1cc2ccc(C(C)(C)CCC(C)c3cc4cc(C(C)(C)C)ccc4[nH]3)cc2[nH]1. The molecule has 2 N–H and O–H groups in total. The van der Waals surface area contributed by atoms with Crippen molar-refractivity contribution in [1.82, 2.24) is 9.97 Å². The van der Waals surface area contributed by atoms with Crippen LogP contribution in [0.4, 0.5) is 0 Å². The van der Waals surface area contributed by atoms with Crippen molar-refractivity contribution in [1.29, 1.82) is 0 Å². The standard InChI is InChI=1S/C30H40N2/c1-19(2)26-16-21-9-10-24(18-28(21)32-26)30(7,8)14-13-20(3)27-17-22-15-23(29(4,5)6)11-12-25(22)31-27/h9-12,15-20,31-32H,13-14H2,1-8H3. The van der Waals surface area contributed by atoms with Crippen molar-refractivity contribution in [3.8, 4) is 0 Å². The lowest BCUT2D eigenvalue weighted by molar-refractivity contribution is 0.438. The summed E-state index contributed by atoms with van der Waals surface area (Å²) < 4.78 is 0. The maximum atomic E-state index is 3.68. The lowest BCUT2D eigenvalue weighted by Gasteiger charge is -2.27. The highest BCUT2D eigenvalue weighted by molar-refractivity contribution is 5.82. The summed E-state index contributed by atoms with van der Waals surface area (Å²) >= 11 is 0. The molecule has 1 unspecified atom stereocenters. The molecule has 0 fully saturated rings. The Bertz CT molecular complexity index is 1230. The zero-order chi connectivity index (χ0) is 23.3. The van der Waals surface area contributed by atoms with Crippen LogP contribution in [-0.4, -0.2) is 9.97 Å². The second-order valence-electron chi connectivity index (χ2n) is 11.8. The maximum absolute atomic E-state index is 3.68. The summed E-state index contributed by atoms with van der Waals surface area (Å²) in [4.78, 5) is 7.31. The van der Waals surface area contributed by atoms with Crippen molar-refractivity contribution in [2.24, 2.45) is 0 Å². The van der Waals surface area contributed by atoms with Crippen LogP contribution in [0.25, 0.3) is 21.8 Å². The average molecular weight is 429 g/mol. The molecule has 0 aliphatic carbocycles. The van der Waals surface area contributed by atoms with Gasteiger partial charge in [0.05, 0.1) is 0 Å². The van der Waals surface area contributed by atoms with Gasteiger partial charge in [0, 0.05) is 22.4 Å². The molecule has 1 atom stereocenters. The molecule has 0 saturated heterocycles. The Morgan fingerprint density at radius 3 is 2.03 bits per heavy atom. The van der Waals surface area contributed by atoms with Crippen molar-refractivity contribution in [3.05, 3.63) is 71.0 Å². The maximum Gasteiger partial charge on any atom is 0.0459 e. The van der Waals surface area contributed by atoms with E-state index in [2.05, 4.69) is 114 Å². The summed E-state index contributed by atoms with van der Waals surface area (Å²) in [6.45, 7) is 18.4. The zero-order valence-corrected chi connectivity index (χ0v) is 21.2. The second-order valence-corrected chi connectivity index (χ2v) is 11.8. The van der Waals surface area contributed by atoms with Gasteiger partial charge in [-0.05, 0) is 87.7 Å². The Kier molecular flexibility index (Phi) is 5.77. The van der Waals surface area contributed by atoms with E-state index in [0.29, 0.717) is 11.8 Å². The van der Waals surface area contributed by atoms with E-state index in [4.69, 9.17) is 0 Å². The quantitative estimate of drug-likeness (QED) is 0.307. The summed E-state index contributed by atoms with van der Waals surface area (Å²) in [5, 5.41) is 2.64. The molecule has 0 saturated carbocycles. The molecule has 2 heterocycles. The normalized spacial score (nSPS) is 14.0. The van der Waals surface area contributed by atoms with Crippen molar-refractivity contribution in [3.63, 3.8) is 0 Å². The molecular formula is C30H40N2. The summed E-state index contributed by atoms with van der Waals surface area (Å²) in [7, 11) is 0. The third-order valence-corrected chi connectivity index (χ3v) is 7.29. The number of rotatable bonds is 6. The van der Waals surface area contributed by atoms with Gasteiger partial charge in [0.15, 0.2) is 0 Å². The molecule has 0 spiro atoms. The minimum absolute atomic E-state index is 0.136. The van der Waals surface area contributed by atoms with Crippen LogP contribution in [0.3, 0.4) is 0 Å². The third kappa shape index (κ3) is 4.51. The Morgan fingerprint density at radius 2 is 1.34 bits per heavy atom. The molecule has 4 rings (SSSR count). The van der Waals surface area contributed by atoms with Gasteiger partial charge in [-0.25, -0.2) is 0 Å². The van der Waals surface area contributed by atoms with Gasteiger partial charge in [0.2, 0.25) is 0 Å². The Hall–Kier alpha value is -2.48. The molecule has 2 heteroatoms. The number of nitrogens with one attached hydrogen (secondary N) is 2. The molecule has 32 heavy (non-hydrogen) atoms. The topological polar surface area (TPSA) is 31.6 Å². The van der Waals surface area contributed by atoms with Crippen LogP contribution in [0.1, 0.15) is 103 Å². The van der Waals surface area contributed by atoms with Crippen LogP contribution in [0, 0.1) is 0 Å². The Labute approximate surface area is 193 Å². The van der Waals surface area contributed by atoms with Crippen LogP contribution < -0.4 is 0 Å². The fraction of sp³-hybridized carbons (Fsp3) is 0.467. The van der Waals surface area contributed by atoms with Gasteiger partial charge in [-0.2, -0.15) is 0 Å². The van der Waals surface area contributed by atoms with E-state index < -0.39 is 0 Å². The van der Waals surface area contributed by atoms with E-state index in [0.717, 1.165) is 12.8 Å². The summed E-state index contributed by atoms with van der Waals surface area (Å²) in [6, 6.07) is 18.5. The van der Waals surface area contributed by atoms with Crippen LogP contribution in [-0.2, 0) is 10.8 Å². The first-order valence-electron chi connectivity index (χ1n) is 12.2. The first-order valence-corrected chi connectivity index (χ1v) is 12.2. The number of aromatic nitrogens is 2. The molecule has 170 valence electrons. The minimum Gasteiger partial charge on any atom is -0.358 e. The van der Waals surface area contributed by atoms with E-state index in [9.17, 15) is 0 Å². The lowest BCUT2D eigenvalue weighted by Crippen LogP contribution is -2.18. The number of H-pyrrole nitrogens is 2. The predicted octanol–water partition coefficient (Wildman–Crippen LogP) is 8.93. The van der Waals surface area contributed by atoms with Crippen molar-refractivity contribution >= 4 is 21.8 Å². The summed E-state index contributed by atoms with van der Waals surface area (Å²) in [6.07, 6.45) is 2.31. The van der Waals surface area contributed by atoms with E-state index in [1.807, 2.05) is 0 Å². The van der Waals surface area contributed by atoms with Gasteiger partial charge < -0.3 is 9.97 Å². The molecule has 0 aliphatic heterocycles. The Morgan fingerprint density at radius 1 is 0.688 bits per heavy atom. The molecule has 2 aromatic heterocycles. The van der Waals surface area contributed by atoms with Gasteiger partial charge in [-0.1, -0.05) is 73.6 Å². The van der Waals surface area contributed by atoms with Crippen molar-refractivity contribution < 1.29 is 0 Å². The number of hydrogen-bond donors (Lipinski definition) is 2. The van der Waals surface area contributed by atoms with E-state index >= 15 is 0 Å². The second kappa shape index (κ2) is 8.14. The van der Waals surface area contributed by atoms with Gasteiger partial charge >= 0.3 is 0 Å². The van der Waals surface area contributed by atoms with Crippen LogP contribution >= 0.6 is 0 Å². The van der Waals surface area contributed by atoms with Crippen molar-refractivity contribution in [2.45, 2.75) is 90.9 Å². The highest BCUT2D eigenvalue weighted by Crippen LogP contribution is 2.35. The van der Waals surface area contributed by atoms with E-state index in [1.54, 1.807) is 0 Å². The number of benzene rings is 2. The molecule has 0 amide bonds. The largest absolute Gasteiger partial charge is 0.358 e. The molecule has 2 aromatic carbocycles. The van der Waals surface area contributed by atoms with E-state index in [1.165, 1.54) is 44.3 Å². The van der Waals surface area contributed by atoms with Gasteiger partial charge in [-0.3, -0.25) is 0 Å². The molecule has 0 aliphatic rings. The van der Waals surface area contributed by atoms with Crippen LogP contribution in [0.5, 0.6) is 0 Å². The fourth-order valence-corrected chi connectivity index (χ4v) is 4.65. The van der Waals surface area contributed by atoms with Crippen LogP contribution in [0.15, 0.2) is 48.5 Å². The van der Waals surface area contributed by atoms with Crippen molar-refractivity contribution in [2.75, 3.05) is 0 Å². The molecule has 0 radical (unpaired) electrons. The third-order valence-electron chi connectivity index (χ3n) is 7.29. The zero-order valence-electron chi connectivity index (χ0n) is 21.2. The monoisotopic (exact) mass is 428 g/mol. The lowest BCUT2D eigenvalue weighted by atomic mass is 9.78. The predicted molar refractivity (Wildman–Crippen MR) is 140 cm³/mol. The van der Waals surface area contributed by atoms with Gasteiger partial charge in [0.1, 0.15) is 0 Å². The number of fused-ring (bicyclic) bond motifs is 2. The molecule has 4 aromatic rings. The smallest absolute Gasteiger partial charge is 0.0459 e. The number of aromatic amines is 2. The summed E-state index contributed by atoms with van der Waals surface area (Å²) in [5.41, 5.74) is 8.30. The summed E-state index contributed by atoms with van der Waals surface area (Å²) in [5.74, 6) is 1.03. The first-order chi connectivity index (χ1) is 14.9. The molecule has 0 bridgehead atoms.